The van der Waals surface area contributed by atoms with Crippen molar-refractivity contribution < 1.29 is 4.79 Å². The zero-order chi connectivity index (χ0) is 20.1. The lowest BCUT2D eigenvalue weighted by Gasteiger charge is -2.58. The van der Waals surface area contributed by atoms with E-state index in [1.165, 1.54) is 63.4 Å². The fourth-order valence-corrected chi connectivity index (χ4v) is 8.58. The molecule has 0 bridgehead atoms. The smallest absolute Gasteiger partial charge is 0.155 e. The molecule has 158 valence electrons. The Balaban J connectivity index is 1.49. The van der Waals surface area contributed by atoms with Crippen molar-refractivity contribution in [3.8, 4) is 0 Å². The molecule has 4 aliphatic carbocycles. The molecular formula is C27H44O. The lowest BCUT2D eigenvalue weighted by atomic mass is 9.46. The molecule has 4 aliphatic rings. The van der Waals surface area contributed by atoms with E-state index >= 15 is 0 Å². The van der Waals surface area contributed by atoms with Crippen LogP contribution in [-0.2, 0) is 4.79 Å². The van der Waals surface area contributed by atoms with Crippen LogP contribution in [0.4, 0.5) is 0 Å². The second-order valence-electron chi connectivity index (χ2n) is 12.0. The summed E-state index contributed by atoms with van der Waals surface area (Å²) in [4.78, 5) is 12.0. The Labute approximate surface area is 174 Å². The van der Waals surface area contributed by atoms with E-state index in [0.29, 0.717) is 16.6 Å². The lowest BCUT2D eigenvalue weighted by molar-refractivity contribution is -0.117. The summed E-state index contributed by atoms with van der Waals surface area (Å²) < 4.78 is 0. The summed E-state index contributed by atoms with van der Waals surface area (Å²) in [6, 6.07) is 0. The van der Waals surface area contributed by atoms with Crippen LogP contribution >= 0.6 is 0 Å². The monoisotopic (exact) mass is 384 g/mol. The Morgan fingerprint density at radius 1 is 0.964 bits per heavy atom. The summed E-state index contributed by atoms with van der Waals surface area (Å²) >= 11 is 0. The summed E-state index contributed by atoms with van der Waals surface area (Å²) in [7, 11) is 0. The first-order valence-corrected chi connectivity index (χ1v) is 12.5. The van der Waals surface area contributed by atoms with Crippen molar-refractivity contribution in [2.45, 2.75) is 105 Å². The van der Waals surface area contributed by atoms with Gasteiger partial charge in [0.2, 0.25) is 0 Å². The first-order chi connectivity index (χ1) is 13.3. The van der Waals surface area contributed by atoms with E-state index < -0.39 is 0 Å². The van der Waals surface area contributed by atoms with E-state index in [-0.39, 0.29) is 0 Å². The third-order valence-corrected chi connectivity index (χ3v) is 10.2. The number of hydrogen-bond donors (Lipinski definition) is 0. The van der Waals surface area contributed by atoms with E-state index in [9.17, 15) is 4.79 Å². The molecule has 7 atom stereocenters. The van der Waals surface area contributed by atoms with Crippen LogP contribution in [0.1, 0.15) is 105 Å². The molecule has 1 heteroatoms. The number of rotatable bonds is 5. The van der Waals surface area contributed by atoms with Crippen LogP contribution in [0.5, 0.6) is 0 Å². The zero-order valence-corrected chi connectivity index (χ0v) is 19.2. The van der Waals surface area contributed by atoms with Gasteiger partial charge in [-0.25, -0.2) is 0 Å². The molecule has 0 aromatic carbocycles. The van der Waals surface area contributed by atoms with Crippen molar-refractivity contribution in [3.63, 3.8) is 0 Å². The van der Waals surface area contributed by atoms with Gasteiger partial charge in [0, 0.05) is 6.42 Å². The Hall–Kier alpha value is -0.590. The molecule has 28 heavy (non-hydrogen) atoms. The zero-order valence-electron chi connectivity index (χ0n) is 19.2. The predicted octanol–water partition coefficient (Wildman–Crippen LogP) is 7.60. The predicted molar refractivity (Wildman–Crippen MR) is 118 cm³/mol. The Bertz CT molecular complexity index is 630. The standard InChI is InChI=1S/C27H44O/c1-18(2)7-6-8-19(3)23-11-12-24-22-10-9-20-17-21(28)13-15-26(20,4)25(22)14-16-27(23,24)5/h17-19,22-25H,6-16H2,1-5H3/t19-,22+,23-,24?,25?,26+,27-/m1/s1. The van der Waals surface area contributed by atoms with Crippen LogP contribution in [0.3, 0.4) is 0 Å². The first-order valence-electron chi connectivity index (χ1n) is 12.5. The van der Waals surface area contributed by atoms with Crippen LogP contribution in [0.15, 0.2) is 11.6 Å². The largest absolute Gasteiger partial charge is 0.295 e. The van der Waals surface area contributed by atoms with Crippen molar-refractivity contribution >= 4 is 5.78 Å². The van der Waals surface area contributed by atoms with Crippen molar-refractivity contribution in [1.29, 1.82) is 0 Å². The Morgan fingerprint density at radius 3 is 2.50 bits per heavy atom. The number of allylic oxidation sites excluding steroid dienone is 1. The number of carbonyl (C=O) groups is 1. The van der Waals surface area contributed by atoms with Gasteiger partial charge < -0.3 is 0 Å². The van der Waals surface area contributed by atoms with Crippen molar-refractivity contribution in [2.24, 2.45) is 46.3 Å². The van der Waals surface area contributed by atoms with Crippen molar-refractivity contribution in [2.75, 3.05) is 0 Å². The second-order valence-corrected chi connectivity index (χ2v) is 12.0. The minimum Gasteiger partial charge on any atom is -0.295 e. The molecule has 0 heterocycles. The SMILES string of the molecule is CC(C)CCC[C@@H](C)[C@H]1CCC2[C@@H]3CCC4=CC(=O)CC[C@]4(C)C3CC[C@@]21C. The topological polar surface area (TPSA) is 17.1 Å². The molecule has 0 aromatic rings. The highest BCUT2D eigenvalue weighted by atomic mass is 16.1. The van der Waals surface area contributed by atoms with Gasteiger partial charge in [0.15, 0.2) is 5.78 Å². The van der Waals surface area contributed by atoms with Crippen LogP contribution in [0.2, 0.25) is 0 Å². The average Bonchev–Trinajstić information content (AvgIpc) is 2.99. The fourth-order valence-electron chi connectivity index (χ4n) is 8.58. The fraction of sp³-hybridized carbons (Fsp3) is 0.889. The van der Waals surface area contributed by atoms with E-state index in [2.05, 4.69) is 40.7 Å². The van der Waals surface area contributed by atoms with E-state index in [4.69, 9.17) is 0 Å². The molecule has 2 unspecified atom stereocenters. The van der Waals surface area contributed by atoms with E-state index in [1.54, 1.807) is 0 Å². The van der Waals surface area contributed by atoms with Crippen LogP contribution in [0.25, 0.3) is 0 Å². The molecule has 0 amide bonds. The van der Waals surface area contributed by atoms with Crippen molar-refractivity contribution in [1.82, 2.24) is 0 Å². The van der Waals surface area contributed by atoms with Crippen LogP contribution in [-0.4, -0.2) is 5.78 Å². The maximum absolute atomic E-state index is 12.0. The normalized spacial score (nSPS) is 43.9. The van der Waals surface area contributed by atoms with Gasteiger partial charge in [-0.05, 0) is 97.4 Å². The molecular weight excluding hydrogens is 340 g/mol. The van der Waals surface area contributed by atoms with Gasteiger partial charge in [-0.15, -0.1) is 0 Å². The van der Waals surface area contributed by atoms with Gasteiger partial charge in [-0.2, -0.15) is 0 Å². The molecule has 4 rings (SSSR count). The summed E-state index contributed by atoms with van der Waals surface area (Å²) in [5.74, 6) is 5.79. The number of fused-ring (bicyclic) bond motifs is 5. The van der Waals surface area contributed by atoms with Gasteiger partial charge in [0.1, 0.15) is 0 Å². The minimum absolute atomic E-state index is 0.332. The molecule has 0 N–H and O–H groups in total. The number of ketones is 1. The first kappa shape index (κ1) is 20.7. The molecule has 0 aromatic heterocycles. The number of hydrogen-bond acceptors (Lipinski definition) is 1. The van der Waals surface area contributed by atoms with E-state index in [0.717, 1.165) is 48.3 Å². The maximum atomic E-state index is 12.0. The molecule has 0 saturated heterocycles. The second kappa shape index (κ2) is 7.59. The molecule has 1 nitrogen and oxygen atoms in total. The lowest BCUT2D eigenvalue weighted by Crippen LogP contribution is -2.50. The van der Waals surface area contributed by atoms with Gasteiger partial charge in [0.25, 0.3) is 0 Å². The highest BCUT2D eigenvalue weighted by molar-refractivity contribution is 5.91. The summed E-state index contributed by atoms with van der Waals surface area (Å²) in [5.41, 5.74) is 2.43. The Morgan fingerprint density at radius 2 is 1.75 bits per heavy atom. The van der Waals surface area contributed by atoms with Crippen LogP contribution in [0, 0.1) is 46.3 Å². The van der Waals surface area contributed by atoms with Crippen molar-refractivity contribution in [3.05, 3.63) is 11.6 Å². The van der Waals surface area contributed by atoms with Gasteiger partial charge in [-0.1, -0.05) is 59.5 Å². The van der Waals surface area contributed by atoms with E-state index in [1.807, 2.05) is 0 Å². The van der Waals surface area contributed by atoms with Gasteiger partial charge >= 0.3 is 0 Å². The average molecular weight is 385 g/mol. The molecule has 0 aliphatic heterocycles. The Kier molecular flexibility index (Phi) is 5.60. The maximum Gasteiger partial charge on any atom is 0.155 e. The third kappa shape index (κ3) is 3.33. The molecule has 0 radical (unpaired) electrons. The minimum atomic E-state index is 0.332. The highest BCUT2D eigenvalue weighted by Crippen LogP contribution is 2.67. The van der Waals surface area contributed by atoms with Crippen LogP contribution < -0.4 is 0 Å². The highest BCUT2D eigenvalue weighted by Gasteiger charge is 2.59. The number of carbonyl (C=O) groups excluding carboxylic acids is 1. The van der Waals surface area contributed by atoms with Gasteiger partial charge in [0.05, 0.1) is 0 Å². The molecule has 3 saturated carbocycles. The molecule has 0 spiro atoms. The third-order valence-electron chi connectivity index (χ3n) is 10.2. The summed E-state index contributed by atoms with van der Waals surface area (Å²) in [6.07, 6.45) is 16.6. The molecule has 3 fully saturated rings. The van der Waals surface area contributed by atoms with Gasteiger partial charge in [-0.3, -0.25) is 4.79 Å². The summed E-state index contributed by atoms with van der Waals surface area (Å²) in [6.45, 7) is 12.5. The summed E-state index contributed by atoms with van der Waals surface area (Å²) in [5, 5.41) is 0. The quantitative estimate of drug-likeness (QED) is 0.477.